The molecule has 2 amide bonds. The van der Waals surface area contributed by atoms with Gasteiger partial charge in [0.15, 0.2) is 0 Å². The van der Waals surface area contributed by atoms with E-state index in [0.29, 0.717) is 6.54 Å². The third-order valence-electron chi connectivity index (χ3n) is 1.38. The first-order chi connectivity index (χ1) is 6.22. The number of carbonyl (C=O) groups is 1. The first-order valence-corrected chi connectivity index (χ1v) is 4.76. The number of nitrogens with one attached hydrogen (secondary N) is 2. The predicted molar refractivity (Wildman–Crippen MR) is 56.3 cm³/mol. The second-order valence-electron chi connectivity index (χ2n) is 2.53. The molecule has 0 bridgehead atoms. The average molecular weight is 196 g/mol. The number of aryl methyl sites for hydroxylation is 1. The van der Waals surface area contributed by atoms with Gasteiger partial charge in [0, 0.05) is 11.4 Å². The Labute approximate surface area is 81.5 Å². The molecule has 0 saturated heterocycles. The van der Waals surface area contributed by atoms with E-state index in [1.54, 1.807) is 17.4 Å². The van der Waals surface area contributed by atoms with Crippen LogP contribution in [0.25, 0.3) is 0 Å². The summed E-state index contributed by atoms with van der Waals surface area (Å²) in [7, 11) is 0. The second kappa shape index (κ2) is 4.67. The third-order valence-corrected chi connectivity index (χ3v) is 2.30. The van der Waals surface area contributed by atoms with E-state index in [-0.39, 0.29) is 6.03 Å². The van der Waals surface area contributed by atoms with Crippen molar-refractivity contribution < 1.29 is 4.79 Å². The number of carbonyl (C=O) groups excluding carboxylic acids is 1. The van der Waals surface area contributed by atoms with Crippen molar-refractivity contribution in [3.05, 3.63) is 29.7 Å². The first kappa shape index (κ1) is 9.80. The zero-order chi connectivity index (χ0) is 9.68. The van der Waals surface area contributed by atoms with Gasteiger partial charge in [-0.15, -0.1) is 17.9 Å². The van der Waals surface area contributed by atoms with Gasteiger partial charge >= 0.3 is 6.03 Å². The second-order valence-corrected chi connectivity index (χ2v) is 3.82. The molecule has 1 aromatic rings. The molecule has 0 spiro atoms. The molecule has 0 fully saturated rings. The van der Waals surface area contributed by atoms with Crippen LogP contribution in [0.2, 0.25) is 0 Å². The van der Waals surface area contributed by atoms with Crippen molar-refractivity contribution >= 4 is 22.4 Å². The van der Waals surface area contributed by atoms with Crippen LogP contribution < -0.4 is 10.6 Å². The third kappa shape index (κ3) is 3.29. The van der Waals surface area contributed by atoms with Crippen LogP contribution in [-0.4, -0.2) is 12.6 Å². The van der Waals surface area contributed by atoms with Crippen LogP contribution in [0.4, 0.5) is 9.80 Å². The largest absolute Gasteiger partial charge is 0.334 e. The van der Waals surface area contributed by atoms with Crippen molar-refractivity contribution in [3.63, 3.8) is 0 Å². The fourth-order valence-electron chi connectivity index (χ4n) is 0.823. The van der Waals surface area contributed by atoms with E-state index in [9.17, 15) is 4.79 Å². The zero-order valence-corrected chi connectivity index (χ0v) is 8.28. The van der Waals surface area contributed by atoms with Crippen LogP contribution in [0.1, 0.15) is 4.88 Å². The minimum absolute atomic E-state index is 0.193. The smallest absolute Gasteiger partial charge is 0.320 e. The minimum atomic E-state index is -0.193. The molecule has 0 atom stereocenters. The monoisotopic (exact) mass is 196 g/mol. The number of hydrogen-bond acceptors (Lipinski definition) is 2. The number of rotatable bonds is 3. The van der Waals surface area contributed by atoms with E-state index in [1.165, 1.54) is 4.88 Å². The highest BCUT2D eigenvalue weighted by Crippen LogP contribution is 2.20. The van der Waals surface area contributed by atoms with Gasteiger partial charge in [0.2, 0.25) is 0 Å². The summed E-state index contributed by atoms with van der Waals surface area (Å²) < 4.78 is 0. The number of thiophene rings is 1. The lowest BCUT2D eigenvalue weighted by molar-refractivity contribution is 0.253. The molecule has 2 N–H and O–H groups in total. The lowest BCUT2D eigenvalue weighted by Crippen LogP contribution is -2.28. The van der Waals surface area contributed by atoms with Gasteiger partial charge in [-0.1, -0.05) is 6.08 Å². The van der Waals surface area contributed by atoms with E-state index < -0.39 is 0 Å². The Kier molecular flexibility index (Phi) is 3.52. The molecule has 3 nitrogen and oxygen atoms in total. The topological polar surface area (TPSA) is 41.1 Å². The first-order valence-electron chi connectivity index (χ1n) is 3.94. The van der Waals surface area contributed by atoms with E-state index in [4.69, 9.17) is 0 Å². The van der Waals surface area contributed by atoms with Crippen molar-refractivity contribution in [2.45, 2.75) is 6.92 Å². The Balaban J connectivity index is 2.40. The molecular formula is C9H12N2OS. The zero-order valence-electron chi connectivity index (χ0n) is 7.46. The summed E-state index contributed by atoms with van der Waals surface area (Å²) in [4.78, 5) is 12.3. The summed E-state index contributed by atoms with van der Waals surface area (Å²) >= 11 is 1.55. The Morgan fingerprint density at radius 3 is 3.00 bits per heavy atom. The van der Waals surface area contributed by atoms with Crippen molar-refractivity contribution in [2.75, 3.05) is 11.9 Å². The molecule has 0 aliphatic heterocycles. The van der Waals surface area contributed by atoms with Gasteiger partial charge in [-0.3, -0.25) is 5.32 Å². The highest BCUT2D eigenvalue weighted by atomic mass is 32.1. The van der Waals surface area contributed by atoms with Crippen molar-refractivity contribution in [3.8, 4) is 0 Å². The lowest BCUT2D eigenvalue weighted by Gasteiger charge is -2.01. The van der Waals surface area contributed by atoms with Crippen molar-refractivity contribution in [1.82, 2.24) is 5.32 Å². The number of anilines is 1. The van der Waals surface area contributed by atoms with E-state index in [0.717, 1.165) is 5.00 Å². The number of hydrogen-bond donors (Lipinski definition) is 2. The maximum atomic E-state index is 11.1. The molecule has 1 aromatic heterocycles. The number of urea groups is 1. The molecule has 1 heterocycles. The molecule has 1 rings (SSSR count). The summed E-state index contributed by atoms with van der Waals surface area (Å²) in [5, 5.41) is 6.21. The van der Waals surface area contributed by atoms with Crippen LogP contribution >= 0.6 is 11.3 Å². The van der Waals surface area contributed by atoms with Gasteiger partial charge in [-0.05, 0) is 19.1 Å². The molecule has 4 heteroatoms. The maximum Gasteiger partial charge on any atom is 0.320 e. The van der Waals surface area contributed by atoms with Gasteiger partial charge in [-0.2, -0.15) is 0 Å². The van der Waals surface area contributed by atoms with Crippen LogP contribution in [0.5, 0.6) is 0 Å². The van der Waals surface area contributed by atoms with Crippen molar-refractivity contribution in [2.24, 2.45) is 0 Å². The molecule has 0 unspecified atom stereocenters. The summed E-state index contributed by atoms with van der Waals surface area (Å²) in [5.41, 5.74) is 0. The molecule has 0 aliphatic carbocycles. The SMILES string of the molecule is C=CCNC(=O)Nc1ccc(C)s1. The minimum Gasteiger partial charge on any atom is -0.334 e. The molecule has 0 radical (unpaired) electrons. The van der Waals surface area contributed by atoms with Gasteiger partial charge in [0.25, 0.3) is 0 Å². The maximum absolute atomic E-state index is 11.1. The normalized spacial score (nSPS) is 9.31. The Bertz CT molecular complexity index is 306. The van der Waals surface area contributed by atoms with Crippen molar-refractivity contribution in [1.29, 1.82) is 0 Å². The summed E-state index contributed by atoms with van der Waals surface area (Å²) in [6, 6.07) is 3.66. The Morgan fingerprint density at radius 1 is 1.69 bits per heavy atom. The molecular weight excluding hydrogens is 184 g/mol. The molecule has 0 saturated carbocycles. The fraction of sp³-hybridized carbons (Fsp3) is 0.222. The van der Waals surface area contributed by atoms with Gasteiger partial charge in [0.1, 0.15) is 0 Å². The predicted octanol–water partition coefficient (Wildman–Crippen LogP) is 2.36. The van der Waals surface area contributed by atoms with Crippen LogP contribution in [0, 0.1) is 6.92 Å². The summed E-state index contributed by atoms with van der Waals surface area (Å²) in [6.07, 6.45) is 1.64. The van der Waals surface area contributed by atoms with Crippen LogP contribution in [0.15, 0.2) is 24.8 Å². The Morgan fingerprint density at radius 2 is 2.46 bits per heavy atom. The van der Waals surface area contributed by atoms with Crippen LogP contribution in [-0.2, 0) is 0 Å². The quantitative estimate of drug-likeness (QED) is 0.716. The lowest BCUT2D eigenvalue weighted by atomic mass is 10.5. The van der Waals surface area contributed by atoms with Gasteiger partial charge < -0.3 is 5.32 Å². The summed E-state index contributed by atoms with van der Waals surface area (Å²) in [6.45, 7) is 5.98. The summed E-state index contributed by atoms with van der Waals surface area (Å²) in [5.74, 6) is 0. The molecule has 0 aliphatic rings. The fourth-order valence-corrected chi connectivity index (χ4v) is 1.59. The highest BCUT2D eigenvalue weighted by molar-refractivity contribution is 7.16. The van der Waals surface area contributed by atoms with E-state index in [2.05, 4.69) is 17.2 Å². The Hall–Kier alpha value is -1.29. The standard InChI is InChI=1S/C9H12N2OS/c1-3-6-10-9(12)11-8-5-4-7(2)13-8/h3-5H,1,6H2,2H3,(H2,10,11,12). The molecule has 13 heavy (non-hydrogen) atoms. The van der Waals surface area contributed by atoms with E-state index >= 15 is 0 Å². The van der Waals surface area contributed by atoms with Gasteiger partial charge in [0.05, 0.1) is 5.00 Å². The van der Waals surface area contributed by atoms with E-state index in [1.807, 2.05) is 19.1 Å². The number of amides is 2. The highest BCUT2D eigenvalue weighted by Gasteiger charge is 2.00. The average Bonchev–Trinajstić information content (AvgIpc) is 2.48. The van der Waals surface area contributed by atoms with Gasteiger partial charge in [-0.25, -0.2) is 4.79 Å². The van der Waals surface area contributed by atoms with Crippen LogP contribution in [0.3, 0.4) is 0 Å². The molecule has 0 aromatic carbocycles. The molecule has 70 valence electrons.